The quantitative estimate of drug-likeness (QED) is 0.00793. The Morgan fingerprint density at radius 1 is 0.607 bits per heavy atom. The van der Waals surface area contributed by atoms with Crippen LogP contribution in [0, 0.1) is 0 Å². The minimum atomic E-state index is -0.673. The summed E-state index contributed by atoms with van der Waals surface area (Å²) < 4.78 is 33.4. The third kappa shape index (κ3) is 74.5. The summed E-state index contributed by atoms with van der Waals surface area (Å²) in [7, 11) is 6.02. The summed E-state index contributed by atoms with van der Waals surface area (Å²) in [6.07, 6.45) is 0. The van der Waals surface area contributed by atoms with Crippen LogP contribution in [0.25, 0.3) is 0 Å². The van der Waals surface area contributed by atoms with Crippen molar-refractivity contribution < 1.29 is 129 Å². The molecule has 0 aliphatic carbocycles. The molecule has 336 valence electrons. The van der Waals surface area contributed by atoms with E-state index in [1.807, 2.05) is 0 Å². The summed E-state index contributed by atoms with van der Waals surface area (Å²) in [6, 6.07) is 0. The molecule has 0 aromatic rings. The molecule has 0 aliphatic rings. The number of hydrogen-bond donors (Lipinski definition) is 4. The zero-order valence-corrected chi connectivity index (χ0v) is 45.1. The van der Waals surface area contributed by atoms with Crippen molar-refractivity contribution in [2.75, 3.05) is 95.8 Å². The predicted octanol–water partition coefficient (Wildman–Crippen LogP) is 2.72. The first kappa shape index (κ1) is 76.3. The molecule has 26 heteroatoms. The Kier molecular flexibility index (Phi) is 76.4. The van der Waals surface area contributed by atoms with E-state index in [1.54, 1.807) is 41.5 Å². The molecule has 0 aliphatic heterocycles. The van der Waals surface area contributed by atoms with Crippen LogP contribution in [0.3, 0.4) is 0 Å². The first-order chi connectivity index (χ1) is 24.7. The number of carbonyl (C=O) groups is 4. The van der Waals surface area contributed by atoms with Gasteiger partial charge in [0.1, 0.15) is 45.6 Å². The zero-order chi connectivity index (χ0) is 42.0. The van der Waals surface area contributed by atoms with Crippen LogP contribution >= 0.6 is 120 Å². The van der Waals surface area contributed by atoms with Gasteiger partial charge in [0.05, 0.1) is 63.1 Å². The van der Waals surface area contributed by atoms with E-state index in [9.17, 15) is 14.4 Å². The summed E-state index contributed by atoms with van der Waals surface area (Å²) in [5.41, 5.74) is 0. The molecule has 56 heavy (non-hydrogen) atoms. The Morgan fingerprint density at radius 2 is 0.857 bits per heavy atom. The van der Waals surface area contributed by atoms with Gasteiger partial charge in [-0.1, -0.05) is 106 Å². The SMILES string of the molecule is C.C.CC(C)(Br)C(=O)Br.CC(C)(Br)C(=O)OCCOCSSCOCCOC(=O)C(C)(C)Br.O=CO[O-].OCCOCS.OCCOCSSCOCCO.[K+]. The van der Waals surface area contributed by atoms with E-state index in [1.165, 1.54) is 43.2 Å². The van der Waals surface area contributed by atoms with Gasteiger partial charge >= 0.3 is 63.3 Å². The van der Waals surface area contributed by atoms with Crippen LogP contribution in [0.4, 0.5) is 0 Å². The summed E-state index contributed by atoms with van der Waals surface area (Å²) in [5.74, 6) is 1.80. The molecule has 0 heterocycles. The van der Waals surface area contributed by atoms with E-state index >= 15 is 0 Å². The Bertz CT molecular complexity index is 800. The van der Waals surface area contributed by atoms with Gasteiger partial charge in [-0.15, -0.1) is 0 Å². The Hall–Kier alpha value is 3.03. The number of halogens is 4. The zero-order valence-electron chi connectivity index (χ0n) is 31.4. The summed E-state index contributed by atoms with van der Waals surface area (Å²) >= 11 is 16.1. The number of esters is 2. The molecule has 0 atom stereocenters. The molecule has 0 radical (unpaired) electrons. The molecular weight excluding hydrogens is 1140 g/mol. The molecule has 0 aromatic heterocycles. The topological polar surface area (TPSA) is 226 Å². The van der Waals surface area contributed by atoms with E-state index in [4.69, 9.17) is 53.8 Å². The average Bonchev–Trinajstić information content (AvgIpc) is 3.08. The van der Waals surface area contributed by atoms with Gasteiger partial charge in [0.25, 0.3) is 6.47 Å². The molecule has 0 amide bonds. The monoisotopic (exact) mass is 1190 g/mol. The molecule has 0 fully saturated rings. The van der Waals surface area contributed by atoms with Crippen molar-refractivity contribution in [3.63, 3.8) is 0 Å². The maximum absolute atomic E-state index is 11.4. The molecule has 0 saturated heterocycles. The van der Waals surface area contributed by atoms with Crippen molar-refractivity contribution >= 4 is 143 Å². The molecule has 3 N–H and O–H groups in total. The fourth-order valence-corrected chi connectivity index (χ4v) is 4.50. The number of aliphatic hydroxyl groups is 3. The van der Waals surface area contributed by atoms with E-state index in [0.717, 1.165) is 0 Å². The molecule has 0 bridgehead atoms. The fourth-order valence-electron chi connectivity index (χ4n) is 1.50. The number of alkyl halides is 3. The van der Waals surface area contributed by atoms with Gasteiger partial charge in [-0.3, -0.25) is 19.2 Å². The third-order valence-electron chi connectivity index (χ3n) is 3.89. The Balaban J connectivity index is -0.0000000999. The van der Waals surface area contributed by atoms with Crippen molar-refractivity contribution in [1.29, 1.82) is 0 Å². The third-order valence-corrected chi connectivity index (χ3v) is 10.1. The molecule has 0 saturated carbocycles. The van der Waals surface area contributed by atoms with E-state index in [0.29, 0.717) is 62.7 Å². The first-order valence-corrected chi connectivity index (χ1v) is 23.7. The second-order valence-electron chi connectivity index (χ2n) is 9.94. The van der Waals surface area contributed by atoms with Crippen LogP contribution in [0.15, 0.2) is 0 Å². The Morgan fingerprint density at radius 3 is 1.04 bits per heavy atom. The predicted molar refractivity (Wildman–Crippen MR) is 240 cm³/mol. The normalized spacial score (nSPS) is 10.2. The molecule has 0 aromatic carbocycles. The number of carbonyl (C=O) groups excluding carboxylic acids is 4. The maximum atomic E-state index is 11.4. The number of rotatable bonds is 27. The van der Waals surface area contributed by atoms with Crippen LogP contribution in [-0.4, -0.2) is 147 Å². The van der Waals surface area contributed by atoms with E-state index in [2.05, 4.69) is 86.0 Å². The number of thiol groups is 1. The second kappa shape index (κ2) is 56.0. The molecule has 0 unspecified atom stereocenters. The Labute approximate surface area is 431 Å². The van der Waals surface area contributed by atoms with Crippen molar-refractivity contribution in [2.24, 2.45) is 0 Å². The standard InChI is InChI=1S/C14H24Br2O6S2.C6H14O4S2.C4H6Br2O.C3H8O2S.CH2O3.2CH4.K/c1-13(2,15)11(17)21-7-5-19-9-23-24-10-20-6-8-22-12(18)14(3,4)16;7-1-3-9-5-11-12-6-10-4-2-8;1-4(2,6)3(5)7;4-1-2-5-3-6;2-1-4-3;;;/h5-10H2,1-4H3;7-8H,1-6H2;1-2H3;4,6H,1-3H2;1,3H;2*1H4;/q;;;;;;;+1/p-1. The number of aliphatic hydroxyl groups excluding tert-OH is 3. The van der Waals surface area contributed by atoms with Crippen molar-refractivity contribution in [3.05, 3.63) is 0 Å². The van der Waals surface area contributed by atoms with E-state index in [-0.39, 0.29) is 122 Å². The van der Waals surface area contributed by atoms with E-state index < -0.39 is 13.0 Å². The molecule has 0 rings (SSSR count). The minimum Gasteiger partial charge on any atom is -0.662 e. The minimum absolute atomic E-state index is 0. The largest absolute Gasteiger partial charge is 1.00 e. The van der Waals surface area contributed by atoms with Gasteiger partial charge in [0.15, 0.2) is 0 Å². The summed E-state index contributed by atoms with van der Waals surface area (Å²) in [4.78, 5) is 44.5. The van der Waals surface area contributed by atoms with Crippen LogP contribution in [0.1, 0.15) is 56.4 Å². The van der Waals surface area contributed by atoms with Gasteiger partial charge in [-0.2, -0.15) is 12.6 Å². The van der Waals surface area contributed by atoms with Gasteiger partial charge in [-0.25, -0.2) is 0 Å². The second-order valence-corrected chi connectivity index (χ2v) is 21.6. The first-order valence-electron chi connectivity index (χ1n) is 14.9. The van der Waals surface area contributed by atoms with Crippen molar-refractivity contribution in [2.45, 2.75) is 69.4 Å². The van der Waals surface area contributed by atoms with Gasteiger partial charge in [-0.05, 0) is 57.5 Å². The van der Waals surface area contributed by atoms with Crippen molar-refractivity contribution in [3.8, 4) is 0 Å². The molecular formula is C30H61Br4KO16S5. The smallest absolute Gasteiger partial charge is 0.662 e. The molecule has 0 spiro atoms. The number of ether oxygens (including phenoxy) is 7. The van der Waals surface area contributed by atoms with Crippen LogP contribution in [-0.2, 0) is 57.2 Å². The maximum Gasteiger partial charge on any atom is 1.00 e. The molecule has 16 nitrogen and oxygen atoms in total. The average molecular weight is 1200 g/mol. The summed E-state index contributed by atoms with van der Waals surface area (Å²) in [5, 5.41) is 33.2. The van der Waals surface area contributed by atoms with Crippen LogP contribution in [0.2, 0.25) is 0 Å². The van der Waals surface area contributed by atoms with Crippen LogP contribution in [0.5, 0.6) is 0 Å². The van der Waals surface area contributed by atoms with Crippen LogP contribution < -0.4 is 56.6 Å². The fraction of sp³-hybridized carbons (Fsp3) is 0.867. The number of hydrogen-bond acceptors (Lipinski definition) is 21. The van der Waals surface area contributed by atoms with Gasteiger partial charge in [0.2, 0.25) is 4.69 Å². The van der Waals surface area contributed by atoms with Gasteiger partial charge in [0, 0.05) is 0 Å². The van der Waals surface area contributed by atoms with Gasteiger partial charge < -0.3 is 58.6 Å². The van der Waals surface area contributed by atoms with Crippen molar-refractivity contribution in [1.82, 2.24) is 0 Å². The summed E-state index contributed by atoms with van der Waals surface area (Å²) in [6.45, 7) is 12.8.